The molecule has 1 N–H and O–H groups in total. The van der Waals surface area contributed by atoms with Crippen molar-refractivity contribution in [3.63, 3.8) is 0 Å². The van der Waals surface area contributed by atoms with E-state index in [0.717, 1.165) is 29.0 Å². The van der Waals surface area contributed by atoms with Crippen LogP contribution in [0.4, 0.5) is 25.0 Å². The monoisotopic (exact) mass is 616 g/mol. The minimum absolute atomic E-state index is 0.0802. The van der Waals surface area contributed by atoms with Gasteiger partial charge < -0.3 is 14.4 Å². The molecule has 2 aromatic carbocycles. The molecule has 2 amide bonds. The van der Waals surface area contributed by atoms with Gasteiger partial charge in [-0.3, -0.25) is 14.7 Å². The van der Waals surface area contributed by atoms with E-state index in [0.29, 0.717) is 30.9 Å². The van der Waals surface area contributed by atoms with Gasteiger partial charge in [-0.15, -0.1) is 5.10 Å². The van der Waals surface area contributed by atoms with Gasteiger partial charge in [0.05, 0.1) is 25.9 Å². The second kappa shape index (κ2) is 13.5. The lowest BCUT2D eigenvalue weighted by atomic mass is 10.1. The highest BCUT2D eigenvalue weighted by Gasteiger charge is 2.34. The molecular formula is C28H30F2N6O4S2. The minimum atomic E-state index is -0.793. The average molecular weight is 617 g/mol. The fraction of sp³-hybridized carbons (Fsp3) is 0.393. The molecule has 222 valence electrons. The summed E-state index contributed by atoms with van der Waals surface area (Å²) in [6.45, 7) is 1.25. The van der Waals surface area contributed by atoms with E-state index in [1.54, 1.807) is 4.90 Å². The van der Waals surface area contributed by atoms with Crippen LogP contribution in [0.1, 0.15) is 24.8 Å². The van der Waals surface area contributed by atoms with E-state index in [1.807, 2.05) is 29.6 Å². The predicted octanol–water partition coefficient (Wildman–Crippen LogP) is 4.35. The number of amides is 2. The first kappa shape index (κ1) is 29.7. The Bertz CT molecular complexity index is 1400. The van der Waals surface area contributed by atoms with Gasteiger partial charge in [0.1, 0.15) is 17.5 Å². The Balaban J connectivity index is 1.16. The number of anilines is 2. The maximum absolute atomic E-state index is 15.3. The van der Waals surface area contributed by atoms with Gasteiger partial charge in [-0.25, -0.2) is 19.0 Å². The summed E-state index contributed by atoms with van der Waals surface area (Å²) in [5.74, 6) is -1.69. The Morgan fingerprint density at radius 1 is 1.17 bits per heavy atom. The maximum Gasteiger partial charge on any atom is 0.414 e. The fourth-order valence-corrected chi connectivity index (χ4v) is 5.54. The smallest absolute Gasteiger partial charge is 0.414 e. The van der Waals surface area contributed by atoms with Crippen LogP contribution in [-0.2, 0) is 20.7 Å². The van der Waals surface area contributed by atoms with Gasteiger partial charge >= 0.3 is 6.09 Å². The third-order valence-electron chi connectivity index (χ3n) is 7.22. The van der Waals surface area contributed by atoms with E-state index < -0.39 is 23.8 Å². The number of rotatable bonds is 9. The van der Waals surface area contributed by atoms with Crippen molar-refractivity contribution in [2.75, 3.05) is 49.6 Å². The topological polar surface area (TPSA) is 100 Å². The highest BCUT2D eigenvalue weighted by molar-refractivity contribution is 7.80. The second-order valence-electron chi connectivity index (χ2n) is 9.92. The van der Waals surface area contributed by atoms with E-state index in [9.17, 15) is 9.59 Å². The number of hydrogen-bond donors (Lipinski definition) is 1. The van der Waals surface area contributed by atoms with Crippen molar-refractivity contribution in [3.8, 4) is 11.3 Å². The SMILES string of the molecule is COC(=S)CC[C@H]1CN(c2cc(F)c(N3CCNN(C(=O)CCc4ccc(-c5csnn5)cc4)CC3)c(F)c2)C(=O)O1. The van der Waals surface area contributed by atoms with E-state index in [-0.39, 0.29) is 49.9 Å². The van der Waals surface area contributed by atoms with E-state index in [2.05, 4.69) is 15.0 Å². The lowest BCUT2D eigenvalue weighted by Crippen LogP contribution is -2.43. The molecule has 2 fully saturated rings. The number of ether oxygens (including phenoxy) is 2. The van der Waals surface area contributed by atoms with E-state index in [4.69, 9.17) is 21.7 Å². The first-order chi connectivity index (χ1) is 20.3. The molecule has 0 unspecified atom stereocenters. The van der Waals surface area contributed by atoms with Crippen LogP contribution < -0.4 is 15.2 Å². The standard InChI is InChI=1S/C28H30F2N6O4S2/c1-39-26(41)9-7-21-16-35(28(38)40-21)20-14-22(29)27(23(30)15-20)34-11-10-31-36(13-12-34)25(37)8-4-18-2-5-19(6-3-18)24-17-42-33-32-24/h2-3,5-6,14-15,17,21,31H,4,7-13,16H2,1H3/t21-/m0/s1. The van der Waals surface area contributed by atoms with Crippen molar-refractivity contribution in [2.45, 2.75) is 31.8 Å². The molecule has 2 aliphatic heterocycles. The normalized spacial score (nSPS) is 17.3. The molecule has 0 radical (unpaired) electrons. The van der Waals surface area contributed by atoms with Crippen LogP contribution in [0, 0.1) is 11.6 Å². The van der Waals surface area contributed by atoms with Crippen molar-refractivity contribution >= 4 is 52.2 Å². The summed E-state index contributed by atoms with van der Waals surface area (Å²) >= 11 is 6.31. The molecule has 2 saturated heterocycles. The summed E-state index contributed by atoms with van der Waals surface area (Å²) in [7, 11) is 1.47. The summed E-state index contributed by atoms with van der Waals surface area (Å²) in [6.07, 6.45) is 0.589. The van der Waals surface area contributed by atoms with Crippen LogP contribution in [0.15, 0.2) is 41.8 Å². The third-order valence-corrected chi connectivity index (χ3v) is 8.09. The number of aryl methyl sites for hydroxylation is 1. The molecule has 14 heteroatoms. The highest BCUT2D eigenvalue weighted by atomic mass is 32.1. The van der Waals surface area contributed by atoms with Gasteiger partial charge in [0.2, 0.25) is 5.91 Å². The van der Waals surface area contributed by atoms with Crippen LogP contribution in [0.25, 0.3) is 11.3 Å². The highest BCUT2D eigenvalue weighted by Crippen LogP contribution is 2.32. The number of nitrogens with one attached hydrogen (secondary N) is 1. The zero-order valence-corrected chi connectivity index (χ0v) is 24.6. The number of carbonyl (C=O) groups is 2. The van der Waals surface area contributed by atoms with Crippen LogP contribution in [0.2, 0.25) is 0 Å². The number of hydrazine groups is 1. The van der Waals surface area contributed by atoms with Gasteiger partial charge in [0.15, 0.2) is 16.7 Å². The quantitative estimate of drug-likeness (QED) is 0.352. The number of aromatic nitrogens is 2. The lowest BCUT2D eigenvalue weighted by Gasteiger charge is -2.25. The van der Waals surface area contributed by atoms with Gasteiger partial charge in [0, 0.05) is 55.6 Å². The molecule has 1 atom stereocenters. The zero-order chi connectivity index (χ0) is 29.6. The number of carbonyl (C=O) groups excluding carboxylic acids is 2. The molecule has 3 aromatic rings. The van der Waals surface area contributed by atoms with Gasteiger partial charge in [-0.2, -0.15) is 0 Å². The number of cyclic esters (lactones) is 1. The Kier molecular flexibility index (Phi) is 9.55. The second-order valence-corrected chi connectivity index (χ2v) is 11.0. The Hall–Kier alpha value is -3.75. The van der Waals surface area contributed by atoms with Crippen molar-refractivity contribution in [2.24, 2.45) is 0 Å². The molecule has 10 nitrogen and oxygen atoms in total. The number of hydrogen-bond acceptors (Lipinski definition) is 10. The van der Waals surface area contributed by atoms with Gasteiger partial charge in [-0.05, 0) is 42.2 Å². The molecule has 1 aromatic heterocycles. The maximum atomic E-state index is 15.3. The average Bonchev–Trinajstić information content (AvgIpc) is 3.59. The summed E-state index contributed by atoms with van der Waals surface area (Å²) in [5, 5.41) is 7.84. The summed E-state index contributed by atoms with van der Waals surface area (Å²) in [4.78, 5) is 28.1. The Labute approximate surface area is 251 Å². The molecule has 0 bridgehead atoms. The molecule has 3 heterocycles. The van der Waals surface area contributed by atoms with E-state index in [1.165, 1.54) is 28.6 Å². The van der Waals surface area contributed by atoms with Crippen LogP contribution in [0.5, 0.6) is 0 Å². The Morgan fingerprint density at radius 2 is 1.93 bits per heavy atom. The Morgan fingerprint density at radius 3 is 2.62 bits per heavy atom. The molecule has 2 aliphatic rings. The molecule has 5 rings (SSSR count). The summed E-state index contributed by atoms with van der Waals surface area (Å²) < 4.78 is 44.8. The number of methoxy groups -OCH3 is 1. The summed E-state index contributed by atoms with van der Waals surface area (Å²) in [6, 6.07) is 10.1. The van der Waals surface area contributed by atoms with Crippen molar-refractivity contribution in [1.82, 2.24) is 20.0 Å². The largest absolute Gasteiger partial charge is 0.490 e. The van der Waals surface area contributed by atoms with Crippen LogP contribution >= 0.6 is 23.8 Å². The third kappa shape index (κ3) is 6.99. The van der Waals surface area contributed by atoms with Crippen molar-refractivity contribution in [1.29, 1.82) is 0 Å². The van der Waals surface area contributed by atoms with Crippen molar-refractivity contribution in [3.05, 3.63) is 59.0 Å². The number of benzene rings is 2. The van der Waals surface area contributed by atoms with Crippen molar-refractivity contribution < 1.29 is 27.8 Å². The number of nitrogens with zero attached hydrogens (tertiary/aromatic N) is 5. The summed E-state index contributed by atoms with van der Waals surface area (Å²) in [5.41, 5.74) is 5.75. The van der Waals surface area contributed by atoms with Gasteiger partial charge in [-0.1, -0.05) is 28.8 Å². The molecular weight excluding hydrogens is 586 g/mol. The molecule has 0 spiro atoms. The molecule has 42 heavy (non-hydrogen) atoms. The fourth-order valence-electron chi connectivity index (χ4n) is 4.96. The predicted molar refractivity (Wildman–Crippen MR) is 158 cm³/mol. The zero-order valence-electron chi connectivity index (χ0n) is 22.9. The molecule has 0 saturated carbocycles. The number of halogens is 2. The van der Waals surface area contributed by atoms with Crippen LogP contribution in [-0.4, -0.2) is 77.6 Å². The first-order valence-corrected chi connectivity index (χ1v) is 14.8. The lowest BCUT2D eigenvalue weighted by molar-refractivity contribution is -0.133. The minimum Gasteiger partial charge on any atom is -0.490 e. The number of thiocarbonyl (C=S) groups is 1. The molecule has 0 aliphatic carbocycles. The van der Waals surface area contributed by atoms with E-state index >= 15 is 8.78 Å². The van der Waals surface area contributed by atoms with Gasteiger partial charge in [0.25, 0.3) is 0 Å². The van der Waals surface area contributed by atoms with Crippen LogP contribution in [0.3, 0.4) is 0 Å². The first-order valence-electron chi connectivity index (χ1n) is 13.5.